The van der Waals surface area contributed by atoms with Crippen molar-refractivity contribution < 1.29 is 19.1 Å². The number of fused-ring (bicyclic) bond motifs is 2. The molecule has 0 aromatic rings. The molecule has 4 heteroatoms. The minimum Gasteiger partial charge on any atom is -0.493 e. The first-order valence-corrected chi connectivity index (χ1v) is 7.81. The van der Waals surface area contributed by atoms with Crippen molar-refractivity contribution in [2.45, 2.75) is 46.5 Å². The molecule has 4 nitrogen and oxygen atoms in total. The maximum absolute atomic E-state index is 12.6. The molecule has 22 heavy (non-hydrogen) atoms. The Morgan fingerprint density at radius 3 is 2.45 bits per heavy atom. The summed E-state index contributed by atoms with van der Waals surface area (Å²) in [4.78, 5) is 37.4. The highest BCUT2D eigenvalue weighted by Crippen LogP contribution is 2.59. The van der Waals surface area contributed by atoms with Gasteiger partial charge in [-0.15, -0.1) is 0 Å². The van der Waals surface area contributed by atoms with Crippen LogP contribution in [0.1, 0.15) is 46.5 Å². The van der Waals surface area contributed by atoms with Crippen molar-refractivity contribution >= 4 is 17.3 Å². The van der Waals surface area contributed by atoms with E-state index in [-0.39, 0.29) is 34.4 Å². The summed E-state index contributed by atoms with van der Waals surface area (Å²) in [5.41, 5.74) is 0.454. The second kappa shape index (κ2) is 4.64. The van der Waals surface area contributed by atoms with Crippen LogP contribution >= 0.6 is 0 Å². The molecular formula is C18H22O4. The number of allylic oxidation sites excluding steroid dienone is 3. The summed E-state index contributed by atoms with van der Waals surface area (Å²) in [6.45, 7) is 6.19. The average Bonchev–Trinajstić information content (AvgIpc) is 2.39. The van der Waals surface area contributed by atoms with Crippen LogP contribution in [0.4, 0.5) is 0 Å². The summed E-state index contributed by atoms with van der Waals surface area (Å²) in [5, 5.41) is 0. The van der Waals surface area contributed by atoms with Crippen LogP contribution in [0.25, 0.3) is 0 Å². The normalized spacial score (nSPS) is 34.1. The molecular weight excluding hydrogens is 280 g/mol. The van der Waals surface area contributed by atoms with Crippen LogP contribution < -0.4 is 0 Å². The van der Waals surface area contributed by atoms with Gasteiger partial charge >= 0.3 is 0 Å². The van der Waals surface area contributed by atoms with Crippen LogP contribution in [0.3, 0.4) is 0 Å². The lowest BCUT2D eigenvalue weighted by molar-refractivity contribution is -0.133. The second-order valence-corrected chi connectivity index (χ2v) is 7.65. The Hall–Kier alpha value is -1.71. The quantitative estimate of drug-likeness (QED) is 0.699. The first-order valence-electron chi connectivity index (χ1n) is 7.81. The van der Waals surface area contributed by atoms with E-state index in [0.717, 1.165) is 6.42 Å². The maximum Gasteiger partial charge on any atom is 0.224 e. The zero-order valence-electron chi connectivity index (χ0n) is 13.6. The number of rotatable bonds is 1. The van der Waals surface area contributed by atoms with Crippen LogP contribution in [0.2, 0.25) is 0 Å². The molecule has 118 valence electrons. The largest absolute Gasteiger partial charge is 0.493 e. The molecule has 1 fully saturated rings. The molecule has 0 bridgehead atoms. The molecule has 0 aromatic carbocycles. The van der Waals surface area contributed by atoms with Gasteiger partial charge in [0, 0.05) is 35.5 Å². The van der Waals surface area contributed by atoms with E-state index in [1.165, 1.54) is 13.2 Å². The number of methoxy groups -OCH3 is 1. The monoisotopic (exact) mass is 302 g/mol. The lowest BCUT2D eigenvalue weighted by atomic mass is 9.49. The van der Waals surface area contributed by atoms with Gasteiger partial charge in [0.25, 0.3) is 0 Å². The molecule has 0 aromatic heterocycles. The Kier molecular flexibility index (Phi) is 3.21. The smallest absolute Gasteiger partial charge is 0.224 e. The van der Waals surface area contributed by atoms with Crippen molar-refractivity contribution in [1.82, 2.24) is 0 Å². The van der Waals surface area contributed by atoms with Crippen molar-refractivity contribution in [3.63, 3.8) is 0 Å². The SMILES string of the molecule is COC1=CC(=O)C2=C(CCC3C(C)(C)CC(=O)C[C@]23C)C1=O. The Labute approximate surface area is 130 Å². The minimum atomic E-state index is -0.533. The molecule has 1 saturated carbocycles. The van der Waals surface area contributed by atoms with Crippen molar-refractivity contribution in [2.75, 3.05) is 7.11 Å². The lowest BCUT2D eigenvalue weighted by Crippen LogP contribution is -2.51. The van der Waals surface area contributed by atoms with Gasteiger partial charge in [0.1, 0.15) is 5.78 Å². The summed E-state index contributed by atoms with van der Waals surface area (Å²) < 4.78 is 5.04. The minimum absolute atomic E-state index is 0.118. The molecule has 0 spiro atoms. The van der Waals surface area contributed by atoms with Crippen molar-refractivity contribution in [2.24, 2.45) is 16.7 Å². The van der Waals surface area contributed by atoms with E-state index in [9.17, 15) is 14.4 Å². The molecule has 0 radical (unpaired) electrons. The second-order valence-electron chi connectivity index (χ2n) is 7.65. The molecule has 0 heterocycles. The van der Waals surface area contributed by atoms with Gasteiger partial charge in [-0.05, 0) is 24.2 Å². The third kappa shape index (κ3) is 1.93. The van der Waals surface area contributed by atoms with E-state index < -0.39 is 5.41 Å². The average molecular weight is 302 g/mol. The molecule has 0 N–H and O–H groups in total. The number of ether oxygens (including phenoxy) is 1. The summed E-state index contributed by atoms with van der Waals surface area (Å²) in [6, 6.07) is 0. The molecule has 3 rings (SSSR count). The molecule has 0 aliphatic heterocycles. The third-order valence-corrected chi connectivity index (χ3v) is 5.71. The van der Waals surface area contributed by atoms with Crippen LogP contribution in [-0.2, 0) is 19.1 Å². The fraction of sp³-hybridized carbons (Fsp3) is 0.611. The number of ketones is 3. The first kappa shape index (κ1) is 15.2. The summed E-state index contributed by atoms with van der Waals surface area (Å²) in [6.07, 6.45) is 3.64. The molecule has 2 atom stereocenters. The highest BCUT2D eigenvalue weighted by atomic mass is 16.5. The maximum atomic E-state index is 12.6. The van der Waals surface area contributed by atoms with E-state index in [1.807, 2.05) is 6.92 Å². The Morgan fingerprint density at radius 2 is 1.82 bits per heavy atom. The number of hydrogen-bond donors (Lipinski definition) is 0. The highest BCUT2D eigenvalue weighted by molar-refractivity contribution is 6.22. The van der Waals surface area contributed by atoms with Gasteiger partial charge in [-0.1, -0.05) is 20.8 Å². The van der Waals surface area contributed by atoms with Crippen LogP contribution in [-0.4, -0.2) is 24.5 Å². The Balaban J connectivity index is 2.15. The zero-order chi connectivity index (χ0) is 16.3. The van der Waals surface area contributed by atoms with E-state index in [4.69, 9.17) is 4.74 Å². The van der Waals surface area contributed by atoms with Gasteiger partial charge in [-0.2, -0.15) is 0 Å². The summed E-state index contributed by atoms with van der Waals surface area (Å²) in [5.74, 6) is 0.189. The topological polar surface area (TPSA) is 60.4 Å². The number of hydrogen-bond acceptors (Lipinski definition) is 4. The Bertz CT molecular complexity index is 650. The third-order valence-electron chi connectivity index (χ3n) is 5.71. The Morgan fingerprint density at radius 1 is 1.14 bits per heavy atom. The first-order chi connectivity index (χ1) is 10.2. The molecule has 3 aliphatic rings. The number of carbonyl (C=O) groups is 3. The van der Waals surface area contributed by atoms with Crippen molar-refractivity contribution in [3.05, 3.63) is 23.0 Å². The standard InChI is InChI=1S/C18H22O4/c1-17(2)8-10(19)9-18(3)14(17)6-5-11-15(18)12(20)7-13(22-4)16(11)21/h7,14H,5-6,8-9H2,1-4H3/t14?,18-/m0/s1. The molecule has 1 unspecified atom stereocenters. The predicted molar refractivity (Wildman–Crippen MR) is 81.0 cm³/mol. The van der Waals surface area contributed by atoms with Crippen LogP contribution in [0, 0.1) is 16.7 Å². The van der Waals surface area contributed by atoms with E-state index >= 15 is 0 Å². The predicted octanol–water partition coefficient (Wildman–Crippen LogP) is 2.77. The number of Topliss-reactive ketones (excluding diaryl/α,β-unsaturated/α-hetero) is 2. The van der Waals surface area contributed by atoms with E-state index in [0.29, 0.717) is 30.4 Å². The van der Waals surface area contributed by atoms with Crippen LogP contribution in [0.5, 0.6) is 0 Å². The fourth-order valence-electron chi connectivity index (χ4n) is 5.03. The van der Waals surface area contributed by atoms with E-state index in [2.05, 4.69) is 13.8 Å². The van der Waals surface area contributed by atoms with Gasteiger partial charge in [0.05, 0.1) is 7.11 Å². The molecule has 0 saturated heterocycles. The highest BCUT2D eigenvalue weighted by Gasteiger charge is 2.56. The van der Waals surface area contributed by atoms with Gasteiger partial charge < -0.3 is 4.74 Å². The van der Waals surface area contributed by atoms with Gasteiger partial charge in [0.15, 0.2) is 11.5 Å². The van der Waals surface area contributed by atoms with Gasteiger partial charge in [-0.25, -0.2) is 0 Å². The summed E-state index contributed by atoms with van der Waals surface area (Å²) >= 11 is 0. The van der Waals surface area contributed by atoms with Gasteiger partial charge in [0.2, 0.25) is 5.78 Å². The van der Waals surface area contributed by atoms with Crippen molar-refractivity contribution in [3.8, 4) is 0 Å². The zero-order valence-corrected chi connectivity index (χ0v) is 13.6. The summed E-state index contributed by atoms with van der Waals surface area (Å²) in [7, 11) is 1.41. The van der Waals surface area contributed by atoms with Crippen LogP contribution in [0.15, 0.2) is 23.0 Å². The lowest BCUT2D eigenvalue weighted by Gasteiger charge is -2.54. The van der Waals surface area contributed by atoms with Crippen molar-refractivity contribution in [1.29, 1.82) is 0 Å². The molecule has 3 aliphatic carbocycles. The fourth-order valence-corrected chi connectivity index (χ4v) is 5.03. The molecule has 0 amide bonds. The van der Waals surface area contributed by atoms with Gasteiger partial charge in [-0.3, -0.25) is 14.4 Å². The number of carbonyl (C=O) groups excluding carboxylic acids is 3. The van der Waals surface area contributed by atoms with E-state index in [1.54, 1.807) is 0 Å².